The van der Waals surface area contributed by atoms with Crippen molar-refractivity contribution in [2.75, 3.05) is 0 Å². The maximum absolute atomic E-state index is 4.87. The minimum atomic E-state index is 0.321. The van der Waals surface area contributed by atoms with Crippen molar-refractivity contribution in [1.29, 1.82) is 0 Å². The largest absolute Gasteiger partial charge is 0.433 e. The Morgan fingerprint density at radius 3 is 2.86 bits per heavy atom. The van der Waals surface area contributed by atoms with Crippen molar-refractivity contribution in [1.82, 2.24) is 0 Å². The Morgan fingerprint density at radius 1 is 1.71 bits per heavy atom. The van der Waals surface area contributed by atoms with Gasteiger partial charge in [-0.2, -0.15) is 0 Å². The Labute approximate surface area is 45.8 Å². The summed E-state index contributed by atoms with van der Waals surface area (Å²) in [5.41, 5.74) is 0. The van der Waals surface area contributed by atoms with Crippen molar-refractivity contribution < 1.29 is 8.71 Å². The van der Waals surface area contributed by atoms with E-state index >= 15 is 0 Å². The minimum Gasteiger partial charge on any atom is -0.433 e. The van der Waals surface area contributed by atoms with E-state index in [0.29, 0.717) is 5.95 Å². The van der Waals surface area contributed by atoms with Crippen LogP contribution in [-0.4, -0.2) is 0 Å². The summed E-state index contributed by atoms with van der Waals surface area (Å²) in [5, 5.41) is 0. The van der Waals surface area contributed by atoms with Crippen molar-refractivity contribution in [3.05, 3.63) is 18.4 Å². The molecular weight excluding hydrogens is 115 g/mol. The molecule has 1 aromatic rings. The van der Waals surface area contributed by atoms with Crippen LogP contribution in [0.1, 0.15) is 0 Å². The number of hydrogen-bond acceptors (Lipinski definition) is 2. The monoisotopic (exact) mass is 118 g/mol. The number of rotatable bonds is 1. The lowest BCUT2D eigenvalue weighted by molar-refractivity contribution is 0.411. The molecule has 0 amide bonds. The Kier molecular flexibility index (Phi) is 1.22. The van der Waals surface area contributed by atoms with Crippen LogP contribution in [0, 0.1) is 0 Å². The molecule has 0 bridgehead atoms. The fourth-order valence-corrected chi connectivity index (χ4v) is 0.395. The summed E-state index contributed by atoms with van der Waals surface area (Å²) in [5.74, 6) is 0.321. The van der Waals surface area contributed by atoms with Crippen LogP contribution >= 0.6 is 11.9 Å². The molecule has 0 aliphatic heterocycles. The minimum absolute atomic E-state index is 0.321. The number of halogens is 1. The van der Waals surface area contributed by atoms with E-state index in [4.69, 9.17) is 11.9 Å². The molecule has 0 aromatic carbocycles. The fraction of sp³-hybridized carbons (Fsp3) is 0. The highest BCUT2D eigenvalue weighted by atomic mass is 35.5. The maximum Gasteiger partial charge on any atom is 0.304 e. The topological polar surface area (TPSA) is 22.4 Å². The second-order valence-corrected chi connectivity index (χ2v) is 1.16. The summed E-state index contributed by atoms with van der Waals surface area (Å²) < 4.78 is 8.79. The molecule has 0 aliphatic carbocycles. The Balaban J connectivity index is 2.76. The van der Waals surface area contributed by atoms with Gasteiger partial charge in [-0.1, -0.05) is 0 Å². The number of hydrogen-bond donors (Lipinski definition) is 0. The van der Waals surface area contributed by atoms with Crippen LogP contribution in [-0.2, 0) is 0 Å². The van der Waals surface area contributed by atoms with E-state index in [1.165, 1.54) is 6.26 Å². The Bertz CT molecular complexity index is 124. The third-order valence-electron chi connectivity index (χ3n) is 0.571. The van der Waals surface area contributed by atoms with Crippen molar-refractivity contribution in [2.45, 2.75) is 0 Å². The molecule has 1 rings (SSSR count). The molecule has 0 N–H and O–H groups in total. The van der Waals surface area contributed by atoms with E-state index in [1.54, 1.807) is 12.1 Å². The van der Waals surface area contributed by atoms with Gasteiger partial charge in [0.25, 0.3) is 0 Å². The van der Waals surface area contributed by atoms with Gasteiger partial charge in [0.1, 0.15) is 11.9 Å². The summed E-state index contributed by atoms with van der Waals surface area (Å²) in [4.78, 5) is 0. The third-order valence-corrected chi connectivity index (χ3v) is 0.723. The highest BCUT2D eigenvalue weighted by Gasteiger charge is 1.87. The summed E-state index contributed by atoms with van der Waals surface area (Å²) >= 11 is 4.87. The van der Waals surface area contributed by atoms with Gasteiger partial charge in [-0.25, -0.2) is 0 Å². The van der Waals surface area contributed by atoms with E-state index in [0.717, 1.165) is 0 Å². The molecule has 0 spiro atoms. The smallest absolute Gasteiger partial charge is 0.304 e. The van der Waals surface area contributed by atoms with Crippen LogP contribution in [0.3, 0.4) is 0 Å². The van der Waals surface area contributed by atoms with Gasteiger partial charge < -0.3 is 8.71 Å². The first-order valence-electron chi connectivity index (χ1n) is 1.75. The quantitative estimate of drug-likeness (QED) is 0.561. The van der Waals surface area contributed by atoms with Gasteiger partial charge in [0, 0.05) is 6.07 Å². The maximum atomic E-state index is 4.87. The molecule has 0 aliphatic rings. The van der Waals surface area contributed by atoms with Crippen LogP contribution < -0.4 is 4.29 Å². The molecule has 0 atom stereocenters. The second kappa shape index (κ2) is 1.89. The molecule has 38 valence electrons. The van der Waals surface area contributed by atoms with Crippen LogP contribution in [0.25, 0.3) is 0 Å². The van der Waals surface area contributed by atoms with Gasteiger partial charge in [-0.05, 0) is 6.07 Å². The molecule has 0 unspecified atom stereocenters. The summed E-state index contributed by atoms with van der Waals surface area (Å²) in [6.07, 6.45) is 1.48. The average molecular weight is 119 g/mol. The Hall–Kier alpha value is -0.630. The first-order chi connectivity index (χ1) is 3.43. The molecule has 3 heteroatoms. The summed E-state index contributed by atoms with van der Waals surface area (Å²) in [7, 11) is 0. The van der Waals surface area contributed by atoms with Crippen molar-refractivity contribution in [3.8, 4) is 5.95 Å². The predicted octanol–water partition coefficient (Wildman–Crippen LogP) is 1.81. The highest BCUT2D eigenvalue weighted by molar-refractivity contribution is 6.08. The van der Waals surface area contributed by atoms with Crippen LogP contribution in [0.15, 0.2) is 22.8 Å². The predicted molar refractivity (Wildman–Crippen MR) is 25.2 cm³/mol. The van der Waals surface area contributed by atoms with E-state index in [-0.39, 0.29) is 0 Å². The second-order valence-electron chi connectivity index (χ2n) is 1.01. The fourth-order valence-electron chi connectivity index (χ4n) is 0.307. The summed E-state index contributed by atoms with van der Waals surface area (Å²) in [6, 6.07) is 3.31. The number of furan rings is 1. The van der Waals surface area contributed by atoms with Gasteiger partial charge in [-0.15, -0.1) is 0 Å². The lowest BCUT2D eigenvalue weighted by Crippen LogP contribution is -1.62. The van der Waals surface area contributed by atoms with E-state index in [2.05, 4.69) is 8.71 Å². The van der Waals surface area contributed by atoms with Gasteiger partial charge in [0.2, 0.25) is 0 Å². The average Bonchev–Trinajstić information content (AvgIpc) is 2.14. The molecule has 1 heterocycles. The van der Waals surface area contributed by atoms with Crippen molar-refractivity contribution >= 4 is 11.9 Å². The van der Waals surface area contributed by atoms with Crippen LogP contribution in [0.5, 0.6) is 5.95 Å². The first-order valence-corrected chi connectivity index (χ1v) is 2.06. The van der Waals surface area contributed by atoms with Crippen molar-refractivity contribution in [3.63, 3.8) is 0 Å². The molecule has 0 saturated heterocycles. The van der Waals surface area contributed by atoms with Crippen LogP contribution in [0.4, 0.5) is 0 Å². The standard InChI is InChI=1S/C4H3ClO2/c5-7-4-2-1-3-6-4/h1-3H. The molecular formula is C4H3ClO2. The van der Waals surface area contributed by atoms with Gasteiger partial charge in [0.15, 0.2) is 0 Å². The van der Waals surface area contributed by atoms with E-state index in [9.17, 15) is 0 Å². The highest BCUT2D eigenvalue weighted by Crippen LogP contribution is 2.10. The van der Waals surface area contributed by atoms with Crippen LogP contribution in [0.2, 0.25) is 0 Å². The zero-order chi connectivity index (χ0) is 5.11. The zero-order valence-electron chi connectivity index (χ0n) is 3.43. The molecule has 0 fully saturated rings. The van der Waals surface area contributed by atoms with E-state index < -0.39 is 0 Å². The lowest BCUT2D eigenvalue weighted by Gasteiger charge is -1.80. The van der Waals surface area contributed by atoms with Gasteiger partial charge >= 0.3 is 5.95 Å². The molecule has 2 nitrogen and oxygen atoms in total. The normalized spacial score (nSPS) is 8.71. The Morgan fingerprint density at radius 2 is 2.57 bits per heavy atom. The molecule has 7 heavy (non-hydrogen) atoms. The zero-order valence-corrected chi connectivity index (χ0v) is 4.18. The summed E-state index contributed by atoms with van der Waals surface area (Å²) in [6.45, 7) is 0. The SMILES string of the molecule is ClOc1ccco1. The van der Waals surface area contributed by atoms with E-state index in [1.807, 2.05) is 0 Å². The molecule has 1 aromatic heterocycles. The van der Waals surface area contributed by atoms with Crippen molar-refractivity contribution in [2.24, 2.45) is 0 Å². The third kappa shape index (κ3) is 0.871. The first kappa shape index (κ1) is 4.53. The molecule has 0 saturated carbocycles. The van der Waals surface area contributed by atoms with Gasteiger partial charge in [0.05, 0.1) is 6.26 Å². The molecule has 0 radical (unpaired) electrons. The lowest BCUT2D eigenvalue weighted by atomic mass is 10.7. The van der Waals surface area contributed by atoms with Gasteiger partial charge in [-0.3, -0.25) is 0 Å².